The second kappa shape index (κ2) is 6.02. The van der Waals surface area contributed by atoms with Crippen molar-refractivity contribution in [1.29, 1.82) is 0 Å². The van der Waals surface area contributed by atoms with Crippen LogP contribution in [0.5, 0.6) is 5.75 Å². The Morgan fingerprint density at radius 1 is 1.10 bits per heavy atom. The van der Waals surface area contributed by atoms with Crippen LogP contribution in [0.2, 0.25) is 0 Å². The Morgan fingerprint density at radius 3 is 2.67 bits per heavy atom. The zero-order chi connectivity index (χ0) is 14.7. The first kappa shape index (κ1) is 13.7. The molecule has 0 amide bonds. The fraction of sp³-hybridized carbons (Fsp3) is 0.222. The minimum Gasteiger partial charge on any atom is -0.489 e. The fourth-order valence-electron chi connectivity index (χ4n) is 2.64. The van der Waals surface area contributed by atoms with Crippen LogP contribution < -0.4 is 10.5 Å². The Morgan fingerprint density at radius 2 is 1.90 bits per heavy atom. The van der Waals surface area contributed by atoms with Crippen LogP contribution in [0.3, 0.4) is 0 Å². The van der Waals surface area contributed by atoms with Crippen LogP contribution in [0.1, 0.15) is 11.1 Å². The van der Waals surface area contributed by atoms with Gasteiger partial charge in [-0.3, -0.25) is 0 Å². The topological polar surface area (TPSA) is 40.2 Å². The van der Waals surface area contributed by atoms with Gasteiger partial charge in [0, 0.05) is 24.1 Å². The molecule has 0 fully saturated rings. The lowest BCUT2D eigenvalue weighted by Crippen LogP contribution is -2.02. The van der Waals surface area contributed by atoms with Gasteiger partial charge in [0.15, 0.2) is 0 Å². The van der Waals surface area contributed by atoms with Crippen molar-refractivity contribution in [2.75, 3.05) is 6.54 Å². The zero-order valence-corrected chi connectivity index (χ0v) is 12.3. The van der Waals surface area contributed by atoms with E-state index in [0.29, 0.717) is 13.2 Å². The molecule has 108 valence electrons. The minimum atomic E-state index is 0.589. The maximum absolute atomic E-state index is 5.90. The molecule has 0 bridgehead atoms. The van der Waals surface area contributed by atoms with E-state index < -0.39 is 0 Å². The number of nitrogens with zero attached hydrogens (tertiary/aromatic N) is 1. The lowest BCUT2D eigenvalue weighted by molar-refractivity contribution is 0.306. The first-order valence-corrected chi connectivity index (χ1v) is 7.22. The Kier molecular flexibility index (Phi) is 3.93. The number of fused-ring (bicyclic) bond motifs is 1. The number of nitrogens with two attached hydrogens (primary N) is 1. The van der Waals surface area contributed by atoms with E-state index in [2.05, 4.69) is 42.1 Å². The Hall–Kier alpha value is -2.26. The molecule has 1 aromatic heterocycles. The van der Waals surface area contributed by atoms with Gasteiger partial charge in [0.2, 0.25) is 0 Å². The largest absolute Gasteiger partial charge is 0.489 e. The first-order chi connectivity index (χ1) is 10.3. The van der Waals surface area contributed by atoms with Gasteiger partial charge in [-0.1, -0.05) is 30.3 Å². The summed E-state index contributed by atoms with van der Waals surface area (Å²) >= 11 is 0. The van der Waals surface area contributed by atoms with Crippen molar-refractivity contribution in [3.63, 3.8) is 0 Å². The standard InChI is InChI=1S/C18H20N2O/c1-20-12-15(9-10-19)17-11-16(7-8-18(17)20)21-13-14-5-3-2-4-6-14/h2-8,11-12H,9-10,13,19H2,1H3. The highest BCUT2D eigenvalue weighted by molar-refractivity contribution is 5.85. The van der Waals surface area contributed by atoms with Gasteiger partial charge in [0.05, 0.1) is 0 Å². The Balaban J connectivity index is 1.84. The van der Waals surface area contributed by atoms with E-state index in [9.17, 15) is 0 Å². The number of aromatic nitrogens is 1. The lowest BCUT2D eigenvalue weighted by atomic mass is 10.1. The van der Waals surface area contributed by atoms with Crippen LogP contribution in [-0.4, -0.2) is 11.1 Å². The molecule has 0 aliphatic carbocycles. The third-order valence-corrected chi connectivity index (χ3v) is 3.71. The number of hydrogen-bond acceptors (Lipinski definition) is 2. The molecule has 0 radical (unpaired) electrons. The lowest BCUT2D eigenvalue weighted by Gasteiger charge is -2.07. The van der Waals surface area contributed by atoms with Gasteiger partial charge in [-0.25, -0.2) is 0 Å². The van der Waals surface area contributed by atoms with Crippen molar-refractivity contribution in [2.45, 2.75) is 13.0 Å². The van der Waals surface area contributed by atoms with Crippen molar-refractivity contribution in [1.82, 2.24) is 4.57 Å². The monoisotopic (exact) mass is 280 g/mol. The van der Waals surface area contributed by atoms with Crippen LogP contribution in [0.25, 0.3) is 10.9 Å². The van der Waals surface area contributed by atoms with Crippen molar-refractivity contribution in [3.05, 3.63) is 65.9 Å². The highest BCUT2D eigenvalue weighted by Crippen LogP contribution is 2.26. The molecule has 3 aromatic rings. The molecule has 0 saturated carbocycles. The van der Waals surface area contributed by atoms with E-state index in [1.807, 2.05) is 24.3 Å². The van der Waals surface area contributed by atoms with Crippen molar-refractivity contribution < 1.29 is 4.74 Å². The molecular weight excluding hydrogens is 260 g/mol. The summed E-state index contributed by atoms with van der Waals surface area (Å²) < 4.78 is 8.04. The fourth-order valence-corrected chi connectivity index (χ4v) is 2.64. The second-order valence-electron chi connectivity index (χ2n) is 5.26. The highest BCUT2D eigenvalue weighted by atomic mass is 16.5. The molecule has 3 nitrogen and oxygen atoms in total. The predicted octanol–water partition coefficient (Wildman–Crippen LogP) is 3.26. The summed E-state index contributed by atoms with van der Waals surface area (Å²) in [4.78, 5) is 0. The summed E-state index contributed by atoms with van der Waals surface area (Å²) in [5, 5.41) is 1.23. The van der Waals surface area contributed by atoms with Crippen molar-refractivity contribution in [2.24, 2.45) is 12.8 Å². The Bertz CT molecular complexity index is 732. The van der Waals surface area contributed by atoms with E-state index in [0.717, 1.165) is 12.2 Å². The van der Waals surface area contributed by atoms with Crippen molar-refractivity contribution in [3.8, 4) is 5.75 Å². The molecule has 3 heteroatoms. The van der Waals surface area contributed by atoms with E-state index in [1.165, 1.54) is 22.0 Å². The predicted molar refractivity (Wildman–Crippen MR) is 86.5 cm³/mol. The number of aryl methyl sites for hydroxylation is 1. The molecule has 1 heterocycles. The van der Waals surface area contributed by atoms with E-state index in [-0.39, 0.29) is 0 Å². The van der Waals surface area contributed by atoms with Crippen LogP contribution in [-0.2, 0) is 20.1 Å². The molecule has 0 atom stereocenters. The maximum atomic E-state index is 5.90. The minimum absolute atomic E-state index is 0.589. The van der Waals surface area contributed by atoms with Crippen LogP contribution in [0.15, 0.2) is 54.7 Å². The number of rotatable bonds is 5. The van der Waals surface area contributed by atoms with Gasteiger partial charge < -0.3 is 15.0 Å². The summed E-state index contributed by atoms with van der Waals surface area (Å²) in [5.74, 6) is 0.899. The quantitative estimate of drug-likeness (QED) is 0.779. The van der Waals surface area contributed by atoms with Gasteiger partial charge in [0.1, 0.15) is 12.4 Å². The first-order valence-electron chi connectivity index (χ1n) is 7.22. The average Bonchev–Trinajstić information content (AvgIpc) is 2.83. The molecule has 0 spiro atoms. The van der Waals surface area contributed by atoms with Gasteiger partial charge >= 0.3 is 0 Å². The average molecular weight is 280 g/mol. The SMILES string of the molecule is Cn1cc(CCN)c2cc(OCc3ccccc3)ccc21. The van der Waals surface area contributed by atoms with Crippen molar-refractivity contribution >= 4 is 10.9 Å². The summed E-state index contributed by atoms with van der Waals surface area (Å²) in [6.07, 6.45) is 3.04. The molecule has 21 heavy (non-hydrogen) atoms. The molecule has 0 saturated heterocycles. The summed E-state index contributed by atoms with van der Waals surface area (Å²) in [5.41, 5.74) is 9.36. The zero-order valence-electron chi connectivity index (χ0n) is 12.3. The molecule has 0 aliphatic heterocycles. The summed E-state index contributed by atoms with van der Waals surface area (Å²) in [6, 6.07) is 16.5. The molecule has 0 aliphatic rings. The maximum Gasteiger partial charge on any atom is 0.120 e. The molecule has 2 aromatic carbocycles. The highest BCUT2D eigenvalue weighted by Gasteiger charge is 2.07. The summed E-state index contributed by atoms with van der Waals surface area (Å²) in [7, 11) is 2.06. The number of ether oxygens (including phenoxy) is 1. The summed E-state index contributed by atoms with van der Waals surface area (Å²) in [6.45, 7) is 1.25. The second-order valence-corrected chi connectivity index (χ2v) is 5.26. The normalized spacial score (nSPS) is 11.0. The molecule has 3 rings (SSSR count). The smallest absolute Gasteiger partial charge is 0.120 e. The third-order valence-electron chi connectivity index (χ3n) is 3.71. The van der Waals surface area contributed by atoms with E-state index in [4.69, 9.17) is 10.5 Å². The number of hydrogen-bond donors (Lipinski definition) is 1. The van der Waals surface area contributed by atoms with Crippen LogP contribution >= 0.6 is 0 Å². The third kappa shape index (κ3) is 2.93. The van der Waals surface area contributed by atoms with Gasteiger partial charge in [0.25, 0.3) is 0 Å². The van der Waals surface area contributed by atoms with E-state index >= 15 is 0 Å². The van der Waals surface area contributed by atoms with Crippen LogP contribution in [0.4, 0.5) is 0 Å². The molecular formula is C18H20N2O. The van der Waals surface area contributed by atoms with Gasteiger partial charge in [-0.05, 0) is 42.3 Å². The van der Waals surface area contributed by atoms with Gasteiger partial charge in [-0.2, -0.15) is 0 Å². The van der Waals surface area contributed by atoms with Gasteiger partial charge in [-0.15, -0.1) is 0 Å². The molecule has 0 unspecified atom stereocenters. The Labute approximate surface area is 125 Å². The van der Waals surface area contributed by atoms with E-state index in [1.54, 1.807) is 0 Å². The number of benzene rings is 2. The van der Waals surface area contributed by atoms with Crippen LogP contribution in [0, 0.1) is 0 Å². The molecule has 2 N–H and O–H groups in total.